The Morgan fingerprint density at radius 3 is 2.44 bits per heavy atom. The Hall–Kier alpha value is -1.58. The molecule has 0 atom stereocenters. The van der Waals surface area contributed by atoms with Gasteiger partial charge in [0.1, 0.15) is 16.6 Å². The van der Waals surface area contributed by atoms with Crippen molar-refractivity contribution >= 4 is 27.8 Å². The van der Waals surface area contributed by atoms with Gasteiger partial charge in [-0.05, 0) is 14.1 Å². The molecule has 5 nitrogen and oxygen atoms in total. The van der Waals surface area contributed by atoms with Crippen LogP contribution in [0.15, 0.2) is 0 Å². The molecule has 6 heteroatoms. The number of hydrogen-bond acceptors (Lipinski definition) is 6. The van der Waals surface area contributed by atoms with Gasteiger partial charge in [0.25, 0.3) is 0 Å². The largest absolute Gasteiger partial charge is 0.396 e. The third-order valence-electron chi connectivity index (χ3n) is 2.59. The first-order valence-corrected chi connectivity index (χ1v) is 6.39. The van der Waals surface area contributed by atoms with Gasteiger partial charge in [-0.1, -0.05) is 0 Å². The van der Waals surface area contributed by atoms with Crippen molar-refractivity contribution in [1.82, 2.24) is 4.90 Å². The van der Waals surface area contributed by atoms with Gasteiger partial charge in [0.15, 0.2) is 5.78 Å². The van der Waals surface area contributed by atoms with E-state index in [1.54, 1.807) is 0 Å². The quantitative estimate of drug-likeness (QED) is 0.816. The van der Waals surface area contributed by atoms with Crippen molar-refractivity contribution in [3.63, 3.8) is 0 Å². The summed E-state index contributed by atoms with van der Waals surface area (Å²) in [6, 6.07) is 2.09. The molecule has 0 aromatic carbocycles. The van der Waals surface area contributed by atoms with Gasteiger partial charge in [-0.3, -0.25) is 4.79 Å². The molecule has 1 heterocycles. The number of anilines is 2. The van der Waals surface area contributed by atoms with Gasteiger partial charge in [-0.2, -0.15) is 5.26 Å². The monoisotopic (exact) mass is 266 g/mol. The van der Waals surface area contributed by atoms with Gasteiger partial charge in [0.05, 0.1) is 10.6 Å². The first kappa shape index (κ1) is 14.5. The standard InChI is InChI=1S/C12H18N4OS/c1-8(17)11-10(14)9(7-13)12(18-11)16(4)6-5-15(2)3/h5-6,14H2,1-4H3. The maximum absolute atomic E-state index is 11.4. The number of Topliss-reactive ketones (excluding diaryl/α,β-unsaturated/α-hetero) is 1. The minimum absolute atomic E-state index is 0.0961. The molecule has 1 aromatic heterocycles. The topological polar surface area (TPSA) is 73.4 Å². The summed E-state index contributed by atoms with van der Waals surface area (Å²) in [7, 11) is 5.88. The zero-order chi connectivity index (χ0) is 13.9. The highest BCUT2D eigenvalue weighted by molar-refractivity contribution is 7.19. The molecule has 0 radical (unpaired) electrons. The van der Waals surface area contributed by atoms with E-state index in [2.05, 4.69) is 11.0 Å². The van der Waals surface area contributed by atoms with Crippen molar-refractivity contribution in [3.8, 4) is 6.07 Å². The summed E-state index contributed by atoms with van der Waals surface area (Å²) >= 11 is 1.29. The van der Waals surface area contributed by atoms with Crippen LogP contribution in [0.25, 0.3) is 0 Å². The number of nitrogens with zero attached hydrogens (tertiary/aromatic N) is 3. The van der Waals surface area contributed by atoms with Crippen LogP contribution in [0.4, 0.5) is 10.7 Å². The van der Waals surface area contributed by atoms with Crippen LogP contribution < -0.4 is 10.6 Å². The van der Waals surface area contributed by atoms with Crippen molar-refractivity contribution in [2.45, 2.75) is 6.92 Å². The fraction of sp³-hybridized carbons (Fsp3) is 0.500. The Bertz CT molecular complexity index is 487. The summed E-state index contributed by atoms with van der Waals surface area (Å²) in [5, 5.41) is 9.91. The van der Waals surface area contributed by atoms with Gasteiger partial charge in [-0.25, -0.2) is 0 Å². The molecule has 0 saturated carbocycles. The van der Waals surface area contributed by atoms with Gasteiger partial charge >= 0.3 is 0 Å². The number of carbonyl (C=O) groups is 1. The molecular weight excluding hydrogens is 248 g/mol. The van der Waals surface area contributed by atoms with Gasteiger partial charge in [-0.15, -0.1) is 11.3 Å². The van der Waals surface area contributed by atoms with Crippen LogP contribution in [0.3, 0.4) is 0 Å². The van der Waals surface area contributed by atoms with Crippen molar-refractivity contribution in [2.24, 2.45) is 0 Å². The van der Waals surface area contributed by atoms with Gasteiger partial charge < -0.3 is 15.5 Å². The predicted octanol–water partition coefficient (Wildman–Crippen LogP) is 1.40. The van der Waals surface area contributed by atoms with Crippen molar-refractivity contribution in [2.75, 3.05) is 44.9 Å². The fourth-order valence-corrected chi connectivity index (χ4v) is 2.58. The Morgan fingerprint density at radius 2 is 2.00 bits per heavy atom. The second-order valence-electron chi connectivity index (χ2n) is 4.42. The summed E-state index contributed by atoms with van der Waals surface area (Å²) in [5.74, 6) is -0.0961. The lowest BCUT2D eigenvalue weighted by atomic mass is 10.2. The molecule has 0 aliphatic heterocycles. The van der Waals surface area contributed by atoms with Crippen LogP contribution in [0.5, 0.6) is 0 Å². The maximum Gasteiger partial charge on any atom is 0.171 e. The van der Waals surface area contributed by atoms with Crippen molar-refractivity contribution < 1.29 is 4.79 Å². The molecule has 18 heavy (non-hydrogen) atoms. The second-order valence-corrected chi connectivity index (χ2v) is 5.42. The van der Waals surface area contributed by atoms with E-state index in [1.807, 2.05) is 26.0 Å². The Labute approximate surface area is 111 Å². The highest BCUT2D eigenvalue weighted by Gasteiger charge is 2.20. The first-order chi connectivity index (χ1) is 8.38. The molecule has 0 spiro atoms. The van der Waals surface area contributed by atoms with E-state index in [0.717, 1.165) is 18.1 Å². The van der Waals surface area contributed by atoms with Gasteiger partial charge in [0.2, 0.25) is 0 Å². The molecule has 2 N–H and O–H groups in total. The zero-order valence-corrected chi connectivity index (χ0v) is 12.0. The van der Waals surface area contributed by atoms with Crippen LogP contribution >= 0.6 is 11.3 Å². The number of likely N-dealkylation sites (N-methyl/N-ethyl adjacent to an activating group) is 2. The van der Waals surface area contributed by atoms with Crippen LogP contribution in [0.1, 0.15) is 22.2 Å². The third-order valence-corrected chi connectivity index (χ3v) is 4.01. The highest BCUT2D eigenvalue weighted by atomic mass is 32.1. The minimum atomic E-state index is -0.0961. The average Bonchev–Trinajstić information content (AvgIpc) is 2.63. The number of ketones is 1. The SMILES string of the molecule is CC(=O)c1sc(N(C)CCN(C)C)c(C#N)c1N. The lowest BCUT2D eigenvalue weighted by Gasteiger charge is -2.20. The van der Waals surface area contributed by atoms with E-state index in [4.69, 9.17) is 11.0 Å². The lowest BCUT2D eigenvalue weighted by molar-refractivity contribution is 0.102. The summed E-state index contributed by atoms with van der Waals surface area (Å²) in [6.45, 7) is 3.11. The van der Waals surface area contributed by atoms with E-state index in [0.29, 0.717) is 16.1 Å². The summed E-state index contributed by atoms with van der Waals surface area (Å²) in [5.41, 5.74) is 6.56. The number of nitriles is 1. The number of thiophene rings is 1. The molecule has 0 bridgehead atoms. The van der Waals surface area contributed by atoms with Crippen molar-refractivity contribution in [3.05, 3.63) is 10.4 Å². The molecule has 1 aromatic rings. The molecule has 0 amide bonds. The zero-order valence-electron chi connectivity index (χ0n) is 11.1. The number of nitrogen functional groups attached to an aromatic ring is 1. The number of carbonyl (C=O) groups excluding carboxylic acids is 1. The molecule has 0 aliphatic carbocycles. The van der Waals surface area contributed by atoms with E-state index in [-0.39, 0.29) is 5.78 Å². The summed E-state index contributed by atoms with van der Waals surface area (Å²) in [4.78, 5) is 15.9. The van der Waals surface area contributed by atoms with Crippen LogP contribution in [-0.4, -0.2) is 44.9 Å². The number of hydrogen-bond donors (Lipinski definition) is 1. The van der Waals surface area contributed by atoms with Crippen LogP contribution in [-0.2, 0) is 0 Å². The van der Waals surface area contributed by atoms with E-state index in [9.17, 15) is 4.79 Å². The first-order valence-electron chi connectivity index (χ1n) is 5.57. The number of nitrogens with two attached hydrogens (primary N) is 1. The van der Waals surface area contributed by atoms with E-state index >= 15 is 0 Å². The summed E-state index contributed by atoms with van der Waals surface area (Å²) < 4.78 is 0. The molecule has 0 unspecified atom stereocenters. The highest BCUT2D eigenvalue weighted by Crippen LogP contribution is 2.37. The third kappa shape index (κ3) is 3.00. The fourth-order valence-electron chi connectivity index (χ4n) is 1.52. The molecule has 98 valence electrons. The molecule has 0 saturated heterocycles. The van der Waals surface area contributed by atoms with Gasteiger partial charge in [0, 0.05) is 27.1 Å². The Morgan fingerprint density at radius 1 is 1.39 bits per heavy atom. The Kier molecular flexibility index (Phi) is 4.70. The van der Waals surface area contributed by atoms with E-state index < -0.39 is 0 Å². The molecule has 1 rings (SSSR count). The molecular formula is C12H18N4OS. The lowest BCUT2D eigenvalue weighted by Crippen LogP contribution is -2.28. The smallest absolute Gasteiger partial charge is 0.171 e. The second kappa shape index (κ2) is 5.85. The average molecular weight is 266 g/mol. The Balaban J connectivity index is 3.05. The molecule has 0 aliphatic rings. The number of rotatable bonds is 5. The summed E-state index contributed by atoms with van der Waals surface area (Å²) in [6.07, 6.45) is 0. The van der Waals surface area contributed by atoms with Crippen LogP contribution in [0.2, 0.25) is 0 Å². The predicted molar refractivity (Wildman–Crippen MR) is 75.3 cm³/mol. The molecule has 0 fully saturated rings. The van der Waals surface area contributed by atoms with E-state index in [1.165, 1.54) is 18.3 Å². The van der Waals surface area contributed by atoms with Crippen molar-refractivity contribution in [1.29, 1.82) is 5.26 Å². The maximum atomic E-state index is 11.4. The van der Waals surface area contributed by atoms with Crippen LogP contribution in [0, 0.1) is 11.3 Å². The normalized spacial score (nSPS) is 10.4. The minimum Gasteiger partial charge on any atom is -0.396 e.